The van der Waals surface area contributed by atoms with E-state index in [9.17, 15) is 8.78 Å². The van der Waals surface area contributed by atoms with Gasteiger partial charge in [-0.1, -0.05) is 19.1 Å². The summed E-state index contributed by atoms with van der Waals surface area (Å²) in [6, 6.07) is 2.52. The summed E-state index contributed by atoms with van der Waals surface area (Å²) in [5, 5.41) is 0. The Kier molecular flexibility index (Phi) is 5.65. The van der Waals surface area contributed by atoms with E-state index < -0.39 is 17.7 Å². The molecule has 0 spiro atoms. The molecule has 0 aliphatic carbocycles. The van der Waals surface area contributed by atoms with E-state index in [1.165, 1.54) is 13.0 Å². The first-order valence-electron chi connectivity index (χ1n) is 6.08. The zero-order valence-corrected chi connectivity index (χ0v) is 11.0. The second-order valence-corrected chi connectivity index (χ2v) is 4.15. The van der Waals surface area contributed by atoms with Gasteiger partial charge in [0.2, 0.25) is 0 Å². The molecule has 1 aromatic rings. The van der Waals surface area contributed by atoms with E-state index >= 15 is 0 Å². The molecule has 0 fully saturated rings. The largest absolute Gasteiger partial charge is 0.376 e. The zero-order valence-electron chi connectivity index (χ0n) is 11.0. The number of hydrogen-bond acceptors (Lipinski definition) is 3. The van der Waals surface area contributed by atoms with Gasteiger partial charge in [-0.25, -0.2) is 8.78 Å². The smallest absolute Gasteiger partial charge is 0.164 e. The van der Waals surface area contributed by atoms with Crippen molar-refractivity contribution in [1.82, 2.24) is 5.43 Å². The summed E-state index contributed by atoms with van der Waals surface area (Å²) in [6.45, 7) is 5.77. The van der Waals surface area contributed by atoms with E-state index in [-0.39, 0.29) is 17.2 Å². The lowest BCUT2D eigenvalue weighted by molar-refractivity contribution is 0.0303. The third-order valence-electron chi connectivity index (χ3n) is 2.97. The molecule has 2 unspecified atom stereocenters. The Labute approximate surface area is 106 Å². The molecule has 18 heavy (non-hydrogen) atoms. The molecule has 0 radical (unpaired) electrons. The van der Waals surface area contributed by atoms with E-state index in [0.29, 0.717) is 13.0 Å². The summed E-state index contributed by atoms with van der Waals surface area (Å²) in [6.07, 6.45) is 0.356. The number of hydrogen-bond donors (Lipinski definition) is 2. The average molecular weight is 258 g/mol. The average Bonchev–Trinajstić information content (AvgIpc) is 2.38. The summed E-state index contributed by atoms with van der Waals surface area (Å²) >= 11 is 0. The molecular weight excluding hydrogens is 238 g/mol. The minimum absolute atomic E-state index is 0.195. The third-order valence-corrected chi connectivity index (χ3v) is 2.97. The van der Waals surface area contributed by atoms with Crippen LogP contribution >= 0.6 is 0 Å². The van der Waals surface area contributed by atoms with Gasteiger partial charge in [-0.05, 0) is 25.8 Å². The van der Waals surface area contributed by atoms with Crippen LogP contribution in [-0.4, -0.2) is 12.7 Å². The van der Waals surface area contributed by atoms with Crippen molar-refractivity contribution in [3.63, 3.8) is 0 Å². The fraction of sp³-hybridized carbons (Fsp3) is 0.538. The van der Waals surface area contributed by atoms with Gasteiger partial charge in [0.1, 0.15) is 0 Å². The molecule has 2 atom stereocenters. The Morgan fingerprint density at radius 1 is 1.28 bits per heavy atom. The second kappa shape index (κ2) is 6.78. The van der Waals surface area contributed by atoms with Crippen molar-refractivity contribution in [1.29, 1.82) is 0 Å². The number of hydrazine groups is 1. The molecular formula is C13H20F2N2O. The molecule has 3 N–H and O–H groups in total. The van der Waals surface area contributed by atoms with Crippen LogP contribution in [0, 0.1) is 18.6 Å². The Morgan fingerprint density at radius 2 is 1.94 bits per heavy atom. The zero-order chi connectivity index (χ0) is 13.7. The van der Waals surface area contributed by atoms with Crippen LogP contribution < -0.4 is 11.3 Å². The topological polar surface area (TPSA) is 47.3 Å². The van der Waals surface area contributed by atoms with Crippen LogP contribution in [0.4, 0.5) is 8.78 Å². The number of nitrogens with two attached hydrogens (primary N) is 1. The molecule has 1 rings (SSSR count). The number of ether oxygens (including phenoxy) is 1. The van der Waals surface area contributed by atoms with Gasteiger partial charge >= 0.3 is 0 Å². The molecule has 1 aromatic carbocycles. The molecule has 102 valence electrons. The molecule has 0 aliphatic rings. The van der Waals surface area contributed by atoms with Crippen molar-refractivity contribution < 1.29 is 13.5 Å². The van der Waals surface area contributed by atoms with Gasteiger partial charge in [-0.3, -0.25) is 11.3 Å². The van der Waals surface area contributed by atoms with E-state index in [2.05, 4.69) is 5.43 Å². The predicted molar refractivity (Wildman–Crippen MR) is 66.9 cm³/mol. The Hall–Kier alpha value is -1.04. The number of rotatable bonds is 6. The minimum atomic E-state index is -0.865. The van der Waals surface area contributed by atoms with Crippen molar-refractivity contribution in [2.24, 2.45) is 5.84 Å². The molecule has 3 nitrogen and oxygen atoms in total. The van der Waals surface area contributed by atoms with Crippen LogP contribution in [0.15, 0.2) is 12.1 Å². The Morgan fingerprint density at radius 3 is 2.44 bits per heavy atom. The molecule has 0 heterocycles. The minimum Gasteiger partial charge on any atom is -0.376 e. The Bertz CT molecular complexity index is 399. The fourth-order valence-electron chi connectivity index (χ4n) is 1.96. The van der Waals surface area contributed by atoms with E-state index in [1.54, 1.807) is 6.07 Å². The first-order chi connectivity index (χ1) is 8.56. The highest BCUT2D eigenvalue weighted by atomic mass is 19.2. The van der Waals surface area contributed by atoms with Gasteiger partial charge in [0.25, 0.3) is 0 Å². The molecule has 0 amide bonds. The lowest BCUT2D eigenvalue weighted by Crippen LogP contribution is -2.38. The molecule has 0 aromatic heterocycles. The van der Waals surface area contributed by atoms with Crippen molar-refractivity contribution in [3.05, 3.63) is 34.9 Å². The quantitative estimate of drug-likeness (QED) is 0.609. The van der Waals surface area contributed by atoms with Crippen LogP contribution in [0.1, 0.15) is 37.4 Å². The van der Waals surface area contributed by atoms with Crippen molar-refractivity contribution in [3.8, 4) is 0 Å². The van der Waals surface area contributed by atoms with Crippen LogP contribution in [0.2, 0.25) is 0 Å². The highest BCUT2D eigenvalue weighted by Crippen LogP contribution is 2.26. The molecule has 5 heteroatoms. The second-order valence-electron chi connectivity index (χ2n) is 4.15. The predicted octanol–water partition coefficient (Wildman–Crippen LogP) is 2.59. The van der Waals surface area contributed by atoms with Gasteiger partial charge < -0.3 is 4.74 Å². The first-order valence-corrected chi connectivity index (χ1v) is 6.08. The van der Waals surface area contributed by atoms with Crippen molar-refractivity contribution >= 4 is 0 Å². The number of halogens is 2. The molecule has 0 bridgehead atoms. The SMILES string of the molecule is CCOC(CC)C(NN)c1ccc(C)c(F)c1F. The van der Waals surface area contributed by atoms with Crippen molar-refractivity contribution in [2.45, 2.75) is 39.3 Å². The van der Waals surface area contributed by atoms with Crippen molar-refractivity contribution in [2.75, 3.05) is 6.61 Å². The lowest BCUT2D eigenvalue weighted by Gasteiger charge is -2.26. The third kappa shape index (κ3) is 3.04. The number of nitrogens with one attached hydrogen (secondary N) is 1. The lowest BCUT2D eigenvalue weighted by atomic mass is 9.98. The van der Waals surface area contributed by atoms with E-state index in [4.69, 9.17) is 10.6 Å². The monoisotopic (exact) mass is 258 g/mol. The maximum Gasteiger partial charge on any atom is 0.164 e. The fourth-order valence-corrected chi connectivity index (χ4v) is 1.96. The van der Waals surface area contributed by atoms with Crippen LogP contribution in [0.25, 0.3) is 0 Å². The summed E-state index contributed by atoms with van der Waals surface area (Å²) in [7, 11) is 0. The summed E-state index contributed by atoms with van der Waals surface area (Å²) < 4.78 is 33.0. The highest BCUT2D eigenvalue weighted by Gasteiger charge is 2.25. The van der Waals surface area contributed by atoms with Gasteiger partial charge in [0.15, 0.2) is 11.6 Å². The standard InChI is InChI=1S/C13H20F2N2O/c1-4-10(18-5-2)13(17-16)9-7-6-8(3)11(14)12(9)15/h6-7,10,13,17H,4-5,16H2,1-3H3. The number of aryl methyl sites for hydroxylation is 1. The molecule has 0 saturated heterocycles. The van der Waals surface area contributed by atoms with Crippen LogP contribution in [0.3, 0.4) is 0 Å². The van der Waals surface area contributed by atoms with Gasteiger partial charge in [-0.15, -0.1) is 0 Å². The van der Waals surface area contributed by atoms with Gasteiger partial charge in [0.05, 0.1) is 12.1 Å². The number of benzene rings is 1. The maximum atomic E-state index is 13.9. The normalized spacial score (nSPS) is 14.6. The van der Waals surface area contributed by atoms with E-state index in [1.807, 2.05) is 13.8 Å². The van der Waals surface area contributed by atoms with Gasteiger partial charge in [0, 0.05) is 12.2 Å². The van der Waals surface area contributed by atoms with Crippen LogP contribution in [0.5, 0.6) is 0 Å². The first kappa shape index (κ1) is 15.0. The summed E-state index contributed by atoms with van der Waals surface area (Å²) in [5.74, 6) is 3.75. The highest BCUT2D eigenvalue weighted by molar-refractivity contribution is 5.28. The molecule has 0 saturated carbocycles. The maximum absolute atomic E-state index is 13.9. The summed E-state index contributed by atoms with van der Waals surface area (Å²) in [4.78, 5) is 0. The summed E-state index contributed by atoms with van der Waals surface area (Å²) in [5.41, 5.74) is 2.98. The Balaban J connectivity index is 3.12. The molecule has 0 aliphatic heterocycles. The van der Waals surface area contributed by atoms with E-state index in [0.717, 1.165) is 0 Å². The van der Waals surface area contributed by atoms with Crippen LogP contribution in [-0.2, 0) is 4.74 Å². The van der Waals surface area contributed by atoms with Gasteiger partial charge in [-0.2, -0.15) is 0 Å².